The fourth-order valence-corrected chi connectivity index (χ4v) is 5.88. The summed E-state index contributed by atoms with van der Waals surface area (Å²) in [7, 11) is 1.61. The predicted molar refractivity (Wildman–Crippen MR) is 148 cm³/mol. The van der Waals surface area contributed by atoms with E-state index in [1.165, 1.54) is 32.3 Å². The van der Waals surface area contributed by atoms with E-state index < -0.39 is 5.82 Å². The number of ether oxygens (including phenoxy) is 2. The third-order valence-corrected chi connectivity index (χ3v) is 8.55. The number of hydrogen-bond acceptors (Lipinski definition) is 6. The maximum absolute atomic E-state index is 14.6. The number of nitrogens with one attached hydrogen (secondary N) is 1. The van der Waals surface area contributed by atoms with Gasteiger partial charge in [-0.3, -0.25) is 0 Å². The Balaban J connectivity index is 0.00000304. The molecular formula is C26H30BrCl2FN4O2. The van der Waals surface area contributed by atoms with E-state index >= 15 is 0 Å². The molecule has 10 heteroatoms. The van der Waals surface area contributed by atoms with E-state index in [0.29, 0.717) is 51.3 Å². The first-order valence-corrected chi connectivity index (χ1v) is 13.1. The molecule has 2 fully saturated rings. The van der Waals surface area contributed by atoms with Crippen LogP contribution in [0.25, 0.3) is 10.9 Å². The number of methoxy groups -OCH3 is 1. The number of fused-ring (bicyclic) bond motifs is 2. The third kappa shape index (κ3) is 5.37. The SMILES string of the molecule is COc1cc2c(Nc3ccc(Br)c(Cl)c3F)ncnc2cc1OC[C@@H]1C[C@@H]2CN(C(C)C)C[C@@H]2C1.Cl. The Kier molecular flexibility index (Phi) is 8.49. The first kappa shape index (κ1) is 27.2. The van der Waals surface area contributed by atoms with Gasteiger partial charge in [-0.1, -0.05) is 11.6 Å². The monoisotopic (exact) mass is 598 g/mol. The lowest BCUT2D eigenvalue weighted by molar-refractivity contribution is 0.209. The molecule has 1 saturated heterocycles. The van der Waals surface area contributed by atoms with Crippen molar-refractivity contribution in [3.63, 3.8) is 0 Å². The molecule has 36 heavy (non-hydrogen) atoms. The van der Waals surface area contributed by atoms with E-state index in [1.54, 1.807) is 19.2 Å². The van der Waals surface area contributed by atoms with Gasteiger partial charge < -0.3 is 19.7 Å². The Morgan fingerprint density at radius 2 is 1.89 bits per heavy atom. The normalized spacial score (nSPS) is 21.5. The number of nitrogens with zero attached hydrogens (tertiary/aromatic N) is 3. The second-order valence-corrected chi connectivity index (χ2v) is 11.0. The first-order valence-electron chi connectivity index (χ1n) is 11.9. The number of likely N-dealkylation sites (tertiary alicyclic amines) is 1. The molecule has 0 spiro atoms. The van der Waals surface area contributed by atoms with Crippen LogP contribution in [0.5, 0.6) is 11.5 Å². The van der Waals surface area contributed by atoms with Gasteiger partial charge in [0.2, 0.25) is 0 Å². The number of benzene rings is 2. The Labute approximate surface area is 230 Å². The highest BCUT2D eigenvalue weighted by Crippen LogP contribution is 2.43. The molecule has 6 nitrogen and oxygen atoms in total. The predicted octanol–water partition coefficient (Wildman–Crippen LogP) is 7.10. The van der Waals surface area contributed by atoms with Crippen molar-refractivity contribution in [2.75, 3.05) is 32.1 Å². The van der Waals surface area contributed by atoms with E-state index in [1.807, 2.05) is 12.1 Å². The zero-order valence-electron chi connectivity index (χ0n) is 20.4. The molecule has 1 saturated carbocycles. The van der Waals surface area contributed by atoms with E-state index in [0.717, 1.165) is 11.8 Å². The van der Waals surface area contributed by atoms with Gasteiger partial charge in [0.05, 0.1) is 29.9 Å². The molecule has 5 rings (SSSR count). The minimum absolute atomic E-state index is 0. The van der Waals surface area contributed by atoms with Crippen molar-refractivity contribution >= 4 is 62.3 Å². The molecule has 1 aliphatic heterocycles. The summed E-state index contributed by atoms with van der Waals surface area (Å²) >= 11 is 9.28. The molecule has 0 radical (unpaired) electrons. The minimum atomic E-state index is -0.558. The van der Waals surface area contributed by atoms with Crippen molar-refractivity contribution in [3.05, 3.63) is 45.9 Å². The first-order chi connectivity index (χ1) is 16.8. The molecule has 0 unspecified atom stereocenters. The van der Waals surface area contributed by atoms with Gasteiger partial charge >= 0.3 is 0 Å². The highest BCUT2D eigenvalue weighted by atomic mass is 79.9. The standard InChI is InChI=1S/C26H29BrClFN4O2.ClH/c1-14(2)33-10-16-6-15(7-17(16)11-33)12-35-23-9-21-18(8-22(23)34-3)26(31-13-30-21)32-20-5-4-19(27)24(28)25(20)29;/h4-5,8-9,13-17H,6-7,10-12H2,1-3H3,(H,30,31,32);1H/t15-,16-,17+;. The summed E-state index contributed by atoms with van der Waals surface area (Å²) < 4.78 is 27.0. The van der Waals surface area contributed by atoms with E-state index in [2.05, 4.69) is 50.0 Å². The Hall–Kier alpha value is -1.87. The summed E-state index contributed by atoms with van der Waals surface area (Å²) in [6.07, 6.45) is 3.86. The van der Waals surface area contributed by atoms with Crippen LogP contribution in [0.3, 0.4) is 0 Å². The summed E-state index contributed by atoms with van der Waals surface area (Å²) in [6.45, 7) is 7.63. The summed E-state index contributed by atoms with van der Waals surface area (Å²) in [5.74, 6) is 3.24. The number of anilines is 2. The fraction of sp³-hybridized carbons (Fsp3) is 0.462. The molecule has 2 heterocycles. The molecule has 1 N–H and O–H groups in total. The van der Waals surface area contributed by atoms with Gasteiger partial charge in [-0.2, -0.15) is 0 Å². The largest absolute Gasteiger partial charge is 0.493 e. The molecule has 1 aromatic heterocycles. The maximum Gasteiger partial charge on any atom is 0.166 e. The Morgan fingerprint density at radius 1 is 1.17 bits per heavy atom. The molecule has 3 aromatic rings. The van der Waals surface area contributed by atoms with Crippen molar-refractivity contribution < 1.29 is 13.9 Å². The van der Waals surface area contributed by atoms with Gasteiger partial charge in [0.1, 0.15) is 12.1 Å². The van der Waals surface area contributed by atoms with E-state index in [-0.39, 0.29) is 23.1 Å². The van der Waals surface area contributed by atoms with Crippen LogP contribution in [0.2, 0.25) is 5.02 Å². The van der Waals surface area contributed by atoms with Gasteiger partial charge in [0.25, 0.3) is 0 Å². The highest BCUT2D eigenvalue weighted by molar-refractivity contribution is 9.10. The smallest absolute Gasteiger partial charge is 0.166 e. The van der Waals surface area contributed by atoms with Crippen LogP contribution < -0.4 is 14.8 Å². The van der Waals surface area contributed by atoms with Crippen molar-refractivity contribution in [3.8, 4) is 11.5 Å². The lowest BCUT2D eigenvalue weighted by atomic mass is 10.0. The van der Waals surface area contributed by atoms with Crippen LogP contribution in [-0.4, -0.2) is 47.7 Å². The summed E-state index contributed by atoms with van der Waals surface area (Å²) in [6, 6.07) is 7.60. The molecule has 1 aliphatic carbocycles. The van der Waals surface area contributed by atoms with Gasteiger partial charge in [0, 0.05) is 35.1 Å². The molecule has 0 amide bonds. The van der Waals surface area contributed by atoms with Gasteiger partial charge in [-0.25, -0.2) is 14.4 Å². The van der Waals surface area contributed by atoms with Crippen LogP contribution in [-0.2, 0) is 0 Å². The molecule has 3 atom stereocenters. The number of hydrogen-bond donors (Lipinski definition) is 1. The van der Waals surface area contributed by atoms with Crippen LogP contribution >= 0.6 is 39.9 Å². The summed E-state index contributed by atoms with van der Waals surface area (Å²) in [4.78, 5) is 11.3. The van der Waals surface area contributed by atoms with Gasteiger partial charge in [-0.15, -0.1) is 12.4 Å². The average molecular weight is 600 g/mol. The molecule has 2 aromatic carbocycles. The Morgan fingerprint density at radius 3 is 2.56 bits per heavy atom. The van der Waals surface area contributed by atoms with E-state index in [9.17, 15) is 4.39 Å². The van der Waals surface area contributed by atoms with Crippen molar-refractivity contribution in [2.24, 2.45) is 17.8 Å². The topological polar surface area (TPSA) is 59.5 Å². The van der Waals surface area contributed by atoms with E-state index in [4.69, 9.17) is 21.1 Å². The number of rotatable bonds is 7. The minimum Gasteiger partial charge on any atom is -0.493 e. The lowest BCUT2D eigenvalue weighted by Gasteiger charge is -2.22. The van der Waals surface area contributed by atoms with Crippen molar-refractivity contribution in [1.82, 2.24) is 14.9 Å². The third-order valence-electron chi connectivity index (χ3n) is 7.29. The van der Waals surface area contributed by atoms with Crippen LogP contribution in [0, 0.1) is 23.6 Å². The zero-order valence-corrected chi connectivity index (χ0v) is 23.6. The second-order valence-electron chi connectivity index (χ2n) is 9.81. The van der Waals surface area contributed by atoms with Gasteiger partial charge in [-0.05, 0) is 78.6 Å². The summed E-state index contributed by atoms with van der Waals surface area (Å²) in [5.41, 5.74) is 0.901. The van der Waals surface area contributed by atoms with Crippen molar-refractivity contribution in [2.45, 2.75) is 32.7 Å². The molecule has 194 valence electrons. The fourth-order valence-electron chi connectivity index (χ4n) is 5.41. The lowest BCUT2D eigenvalue weighted by Crippen LogP contribution is -2.29. The molecule has 2 aliphatic rings. The number of aromatic nitrogens is 2. The van der Waals surface area contributed by atoms with Crippen LogP contribution in [0.4, 0.5) is 15.9 Å². The summed E-state index contributed by atoms with van der Waals surface area (Å²) in [5, 5.41) is 3.74. The quantitative estimate of drug-likeness (QED) is 0.292. The maximum atomic E-state index is 14.6. The van der Waals surface area contributed by atoms with Gasteiger partial charge in [0.15, 0.2) is 17.3 Å². The molecule has 0 bridgehead atoms. The highest BCUT2D eigenvalue weighted by Gasteiger charge is 2.41. The second kappa shape index (κ2) is 11.3. The van der Waals surface area contributed by atoms with Crippen molar-refractivity contribution in [1.29, 1.82) is 0 Å². The number of halogens is 4. The Bertz CT molecular complexity index is 1230. The molecular weight excluding hydrogens is 570 g/mol. The van der Waals surface area contributed by atoms with Crippen LogP contribution in [0.1, 0.15) is 26.7 Å². The van der Waals surface area contributed by atoms with Crippen LogP contribution in [0.15, 0.2) is 35.1 Å². The average Bonchev–Trinajstić information content (AvgIpc) is 3.42. The zero-order chi connectivity index (χ0) is 24.7.